The first-order valence-electron chi connectivity index (χ1n) is 10.2. The van der Waals surface area contributed by atoms with Gasteiger partial charge in [0.05, 0.1) is 12.8 Å². The van der Waals surface area contributed by atoms with E-state index in [4.69, 9.17) is 16.3 Å². The van der Waals surface area contributed by atoms with Gasteiger partial charge in [0.1, 0.15) is 5.75 Å². The van der Waals surface area contributed by atoms with E-state index in [9.17, 15) is 9.59 Å². The maximum Gasteiger partial charge on any atom is 0.321 e. The molecule has 1 heterocycles. The minimum atomic E-state index is -0.182. The second kappa shape index (κ2) is 10.3. The van der Waals surface area contributed by atoms with Crippen LogP contribution in [0.5, 0.6) is 5.75 Å². The van der Waals surface area contributed by atoms with Crippen molar-refractivity contribution < 1.29 is 14.3 Å². The first-order valence-corrected chi connectivity index (χ1v) is 10.5. The third-order valence-corrected chi connectivity index (χ3v) is 5.75. The van der Waals surface area contributed by atoms with Crippen LogP contribution < -0.4 is 15.4 Å². The van der Waals surface area contributed by atoms with Crippen LogP contribution in [-0.2, 0) is 11.3 Å². The summed E-state index contributed by atoms with van der Waals surface area (Å²) in [5.74, 6) is 0.907. The van der Waals surface area contributed by atoms with Crippen molar-refractivity contribution in [1.82, 2.24) is 10.2 Å². The van der Waals surface area contributed by atoms with Gasteiger partial charge in [-0.3, -0.25) is 4.79 Å². The number of amides is 3. The highest BCUT2D eigenvalue weighted by Gasteiger charge is 2.25. The number of ether oxygens (including phenoxy) is 1. The number of piperidine rings is 1. The first kappa shape index (κ1) is 22.0. The van der Waals surface area contributed by atoms with Gasteiger partial charge in [-0.1, -0.05) is 35.9 Å². The number of carbonyl (C=O) groups is 2. The summed E-state index contributed by atoms with van der Waals surface area (Å²) in [5.41, 5.74) is 2.86. The van der Waals surface area contributed by atoms with Gasteiger partial charge in [0.2, 0.25) is 5.91 Å². The van der Waals surface area contributed by atoms with Crippen molar-refractivity contribution in [2.24, 2.45) is 5.92 Å². The van der Waals surface area contributed by atoms with Gasteiger partial charge >= 0.3 is 6.03 Å². The van der Waals surface area contributed by atoms with Crippen molar-refractivity contribution in [2.75, 3.05) is 25.5 Å². The summed E-state index contributed by atoms with van der Waals surface area (Å²) in [5, 5.41) is 6.41. The molecule has 2 N–H and O–H groups in total. The minimum absolute atomic E-state index is 0.0600. The van der Waals surface area contributed by atoms with Gasteiger partial charge in [-0.25, -0.2) is 4.79 Å². The Morgan fingerprint density at radius 1 is 1.17 bits per heavy atom. The zero-order valence-corrected chi connectivity index (χ0v) is 18.2. The lowest BCUT2D eigenvalue weighted by Crippen LogP contribution is -2.42. The largest absolute Gasteiger partial charge is 0.495 e. The maximum absolute atomic E-state index is 12.6. The van der Waals surface area contributed by atoms with Crippen LogP contribution in [0.2, 0.25) is 5.02 Å². The monoisotopic (exact) mass is 429 g/mol. The lowest BCUT2D eigenvalue weighted by Gasteiger charge is -2.32. The minimum Gasteiger partial charge on any atom is -0.495 e. The molecule has 2 aromatic rings. The Hall–Kier alpha value is -2.73. The van der Waals surface area contributed by atoms with Crippen molar-refractivity contribution in [3.8, 4) is 5.75 Å². The van der Waals surface area contributed by atoms with Crippen molar-refractivity contribution in [1.29, 1.82) is 0 Å². The van der Waals surface area contributed by atoms with Crippen LogP contribution in [0.25, 0.3) is 0 Å². The van der Waals surface area contributed by atoms with Crippen molar-refractivity contribution in [3.05, 3.63) is 58.6 Å². The predicted molar refractivity (Wildman–Crippen MR) is 119 cm³/mol. The molecule has 2 aromatic carbocycles. The molecule has 0 atom stereocenters. The molecule has 6 nitrogen and oxygen atoms in total. The number of rotatable bonds is 6. The summed E-state index contributed by atoms with van der Waals surface area (Å²) in [4.78, 5) is 26.7. The number of methoxy groups -OCH3 is 1. The molecule has 1 aliphatic heterocycles. The van der Waals surface area contributed by atoms with Crippen molar-refractivity contribution >= 4 is 29.2 Å². The topological polar surface area (TPSA) is 70.7 Å². The smallest absolute Gasteiger partial charge is 0.321 e. The molecule has 7 heteroatoms. The number of hydrogen-bond acceptors (Lipinski definition) is 3. The number of nitrogens with one attached hydrogen (secondary N) is 2. The lowest BCUT2D eigenvalue weighted by molar-refractivity contribution is -0.122. The molecule has 0 radical (unpaired) electrons. The Morgan fingerprint density at radius 2 is 1.90 bits per heavy atom. The summed E-state index contributed by atoms with van der Waals surface area (Å²) in [7, 11) is 1.55. The third-order valence-electron chi connectivity index (χ3n) is 5.52. The fourth-order valence-corrected chi connectivity index (χ4v) is 3.82. The predicted octanol–water partition coefficient (Wildman–Crippen LogP) is 4.61. The molecular formula is C23H28ClN3O3. The fourth-order valence-electron chi connectivity index (χ4n) is 3.65. The van der Waals surface area contributed by atoms with Crippen molar-refractivity contribution in [3.63, 3.8) is 0 Å². The molecular weight excluding hydrogens is 402 g/mol. The summed E-state index contributed by atoms with van der Waals surface area (Å²) in [6.45, 7) is 3.82. The Balaban J connectivity index is 1.44. The second-order valence-corrected chi connectivity index (χ2v) is 8.05. The van der Waals surface area contributed by atoms with Gasteiger partial charge in [0, 0.05) is 31.1 Å². The van der Waals surface area contributed by atoms with Crippen LogP contribution in [0.4, 0.5) is 10.5 Å². The van der Waals surface area contributed by atoms with E-state index in [0.717, 1.165) is 18.4 Å². The number of anilines is 1. The van der Waals surface area contributed by atoms with E-state index in [1.54, 1.807) is 30.2 Å². The Morgan fingerprint density at radius 3 is 2.60 bits per heavy atom. The van der Waals surface area contributed by atoms with Gasteiger partial charge in [-0.15, -0.1) is 0 Å². The fraction of sp³-hybridized carbons (Fsp3) is 0.391. The zero-order valence-electron chi connectivity index (χ0n) is 17.4. The molecule has 0 spiro atoms. The maximum atomic E-state index is 12.6. The highest BCUT2D eigenvalue weighted by Crippen LogP contribution is 2.28. The van der Waals surface area contributed by atoms with Crippen LogP contribution in [0, 0.1) is 12.8 Å². The molecule has 0 unspecified atom stereocenters. The van der Waals surface area contributed by atoms with E-state index in [0.29, 0.717) is 42.5 Å². The van der Waals surface area contributed by atoms with Gasteiger partial charge in [-0.05, 0) is 55.0 Å². The summed E-state index contributed by atoms with van der Waals surface area (Å²) in [6.07, 6.45) is 2.10. The normalized spacial score (nSPS) is 14.3. The molecule has 3 rings (SSSR count). The van der Waals surface area contributed by atoms with Gasteiger partial charge < -0.3 is 20.3 Å². The molecule has 0 saturated carbocycles. The average molecular weight is 430 g/mol. The van der Waals surface area contributed by atoms with Crippen molar-refractivity contribution in [2.45, 2.75) is 32.7 Å². The highest BCUT2D eigenvalue weighted by molar-refractivity contribution is 6.31. The molecule has 0 aliphatic carbocycles. The van der Waals surface area contributed by atoms with E-state index in [1.165, 1.54) is 5.56 Å². The van der Waals surface area contributed by atoms with E-state index >= 15 is 0 Å². The van der Waals surface area contributed by atoms with E-state index in [1.807, 2.05) is 31.2 Å². The molecule has 1 fully saturated rings. The first-order chi connectivity index (χ1) is 14.5. The quantitative estimate of drug-likeness (QED) is 0.704. The molecule has 30 heavy (non-hydrogen) atoms. The zero-order chi connectivity index (χ0) is 21.5. The van der Waals surface area contributed by atoms with Crippen LogP contribution in [-0.4, -0.2) is 37.0 Å². The van der Waals surface area contributed by atoms with E-state index in [2.05, 4.69) is 10.6 Å². The summed E-state index contributed by atoms with van der Waals surface area (Å²) >= 11 is 6.03. The summed E-state index contributed by atoms with van der Waals surface area (Å²) < 4.78 is 5.28. The number of likely N-dealkylation sites (tertiary alicyclic amines) is 1. The highest BCUT2D eigenvalue weighted by atomic mass is 35.5. The molecule has 3 amide bonds. The summed E-state index contributed by atoms with van der Waals surface area (Å²) in [6, 6.07) is 13.0. The average Bonchev–Trinajstić information content (AvgIpc) is 2.74. The van der Waals surface area contributed by atoms with Crippen LogP contribution in [0.3, 0.4) is 0 Å². The molecule has 0 aromatic heterocycles. The third kappa shape index (κ3) is 5.89. The number of halogens is 1. The number of carbonyl (C=O) groups excluding carboxylic acids is 2. The SMILES string of the molecule is COc1ccc(Cl)cc1NC(=O)N1CCC(CC(=O)NCc2ccccc2C)CC1. The van der Waals surface area contributed by atoms with E-state index < -0.39 is 0 Å². The van der Waals surface area contributed by atoms with E-state index in [-0.39, 0.29) is 17.9 Å². The second-order valence-electron chi connectivity index (χ2n) is 7.61. The van der Waals surface area contributed by atoms with Crippen LogP contribution >= 0.6 is 11.6 Å². The molecule has 0 bridgehead atoms. The Kier molecular flexibility index (Phi) is 7.57. The standard InChI is InChI=1S/C23H28ClN3O3/c1-16-5-3-4-6-18(16)15-25-22(28)13-17-9-11-27(12-10-17)23(29)26-20-14-19(24)7-8-21(20)30-2/h3-8,14,17H,9-13,15H2,1-2H3,(H,25,28)(H,26,29). The van der Waals surface area contributed by atoms with Gasteiger partial charge in [0.15, 0.2) is 0 Å². The molecule has 160 valence electrons. The van der Waals surface area contributed by atoms with Gasteiger partial charge in [-0.2, -0.15) is 0 Å². The number of nitrogens with zero attached hydrogens (tertiary/aromatic N) is 1. The number of benzene rings is 2. The molecule has 1 saturated heterocycles. The lowest BCUT2D eigenvalue weighted by atomic mass is 9.93. The number of urea groups is 1. The van der Waals surface area contributed by atoms with Gasteiger partial charge in [0.25, 0.3) is 0 Å². The molecule has 1 aliphatic rings. The Labute approximate surface area is 182 Å². The van der Waals surface area contributed by atoms with Crippen LogP contribution in [0.15, 0.2) is 42.5 Å². The van der Waals surface area contributed by atoms with Crippen LogP contribution in [0.1, 0.15) is 30.4 Å². The Bertz CT molecular complexity index is 895. The number of aryl methyl sites for hydroxylation is 1. The number of hydrogen-bond donors (Lipinski definition) is 2.